The number of para-hydroxylation sites is 2. The third-order valence-electron chi connectivity index (χ3n) is 3.58. The van der Waals surface area contributed by atoms with Gasteiger partial charge in [0.2, 0.25) is 5.91 Å². The van der Waals surface area contributed by atoms with E-state index < -0.39 is 12.0 Å². The maximum atomic E-state index is 12.2. The van der Waals surface area contributed by atoms with Crippen molar-refractivity contribution in [1.82, 2.24) is 0 Å². The minimum absolute atomic E-state index is 0.0286. The summed E-state index contributed by atoms with van der Waals surface area (Å²) in [6.45, 7) is 1.87. The van der Waals surface area contributed by atoms with Crippen LogP contribution in [0.3, 0.4) is 0 Å². The summed E-state index contributed by atoms with van der Waals surface area (Å²) >= 11 is 5.93. The van der Waals surface area contributed by atoms with Gasteiger partial charge in [0.1, 0.15) is 6.04 Å². The molecule has 0 fully saturated rings. The molecule has 118 valence electrons. The monoisotopic (exact) mass is 330 g/mol. The van der Waals surface area contributed by atoms with Crippen molar-refractivity contribution in [3.05, 3.63) is 53.1 Å². The first-order valence-corrected chi connectivity index (χ1v) is 7.54. The molecule has 0 aliphatic carbocycles. The molecule has 0 spiro atoms. The van der Waals surface area contributed by atoms with Gasteiger partial charge in [-0.3, -0.25) is 4.79 Å². The van der Waals surface area contributed by atoms with Crippen LogP contribution < -0.4 is 15.4 Å². The van der Waals surface area contributed by atoms with E-state index in [1.807, 2.05) is 19.1 Å². The predicted molar refractivity (Wildman–Crippen MR) is 88.9 cm³/mol. The van der Waals surface area contributed by atoms with Gasteiger partial charge in [0.15, 0.2) is 5.75 Å². The SMILES string of the molecule is Cc1ccc(Cl)cc1NC(=O)CC1Nc2ccccc2OC1=O. The first-order valence-electron chi connectivity index (χ1n) is 7.16. The van der Waals surface area contributed by atoms with Gasteiger partial charge in [-0.15, -0.1) is 0 Å². The fourth-order valence-corrected chi connectivity index (χ4v) is 2.52. The van der Waals surface area contributed by atoms with Crippen LogP contribution in [0, 0.1) is 6.92 Å². The van der Waals surface area contributed by atoms with Crippen LogP contribution in [-0.4, -0.2) is 17.9 Å². The van der Waals surface area contributed by atoms with Gasteiger partial charge in [-0.1, -0.05) is 29.8 Å². The van der Waals surface area contributed by atoms with Gasteiger partial charge in [0.05, 0.1) is 12.1 Å². The molecule has 2 N–H and O–H groups in total. The van der Waals surface area contributed by atoms with Crippen LogP contribution in [0.5, 0.6) is 5.75 Å². The van der Waals surface area contributed by atoms with Crippen LogP contribution in [0.15, 0.2) is 42.5 Å². The third-order valence-corrected chi connectivity index (χ3v) is 3.81. The van der Waals surface area contributed by atoms with Crippen LogP contribution >= 0.6 is 11.6 Å². The molecule has 2 aromatic carbocycles. The maximum absolute atomic E-state index is 12.2. The highest BCUT2D eigenvalue weighted by molar-refractivity contribution is 6.31. The number of esters is 1. The van der Waals surface area contributed by atoms with Crippen molar-refractivity contribution >= 4 is 34.9 Å². The number of carbonyl (C=O) groups excluding carboxylic acids is 2. The minimum atomic E-state index is -0.718. The van der Waals surface area contributed by atoms with Crippen molar-refractivity contribution in [2.75, 3.05) is 10.6 Å². The van der Waals surface area contributed by atoms with E-state index in [0.717, 1.165) is 5.56 Å². The van der Waals surface area contributed by atoms with Crippen LogP contribution in [-0.2, 0) is 9.59 Å². The Balaban J connectivity index is 1.69. The van der Waals surface area contributed by atoms with E-state index in [1.54, 1.807) is 30.3 Å². The lowest BCUT2D eigenvalue weighted by molar-refractivity contribution is -0.137. The number of hydrogen-bond donors (Lipinski definition) is 2. The molecule has 1 unspecified atom stereocenters. The molecule has 1 aliphatic rings. The third kappa shape index (κ3) is 3.46. The summed E-state index contributed by atoms with van der Waals surface area (Å²) in [5.74, 6) is -0.286. The zero-order chi connectivity index (χ0) is 16.4. The van der Waals surface area contributed by atoms with Crippen LogP contribution in [0.1, 0.15) is 12.0 Å². The number of anilines is 2. The fraction of sp³-hybridized carbons (Fsp3) is 0.176. The topological polar surface area (TPSA) is 67.4 Å². The number of rotatable bonds is 3. The Kier molecular flexibility index (Phi) is 4.21. The maximum Gasteiger partial charge on any atom is 0.334 e. The Morgan fingerprint density at radius 2 is 2.09 bits per heavy atom. The highest BCUT2D eigenvalue weighted by atomic mass is 35.5. The lowest BCUT2D eigenvalue weighted by atomic mass is 10.1. The number of fused-ring (bicyclic) bond motifs is 1. The number of amides is 1. The lowest BCUT2D eigenvalue weighted by Crippen LogP contribution is -2.39. The smallest absolute Gasteiger partial charge is 0.334 e. The van der Waals surface area contributed by atoms with Gasteiger partial charge in [-0.25, -0.2) is 4.79 Å². The van der Waals surface area contributed by atoms with E-state index in [0.29, 0.717) is 22.1 Å². The number of aryl methyl sites for hydroxylation is 1. The van der Waals surface area contributed by atoms with Crippen LogP contribution in [0.4, 0.5) is 11.4 Å². The number of halogens is 1. The summed E-state index contributed by atoms with van der Waals surface area (Å²) in [5, 5.41) is 6.34. The molecule has 1 heterocycles. The molecule has 0 radical (unpaired) electrons. The summed E-state index contributed by atoms with van der Waals surface area (Å²) in [7, 11) is 0. The molecule has 2 aromatic rings. The highest BCUT2D eigenvalue weighted by Gasteiger charge is 2.29. The van der Waals surface area contributed by atoms with Gasteiger partial charge in [0, 0.05) is 10.7 Å². The molecule has 0 saturated carbocycles. The molecule has 0 aromatic heterocycles. The molecule has 5 nitrogen and oxygen atoms in total. The molecular weight excluding hydrogens is 316 g/mol. The Morgan fingerprint density at radius 3 is 2.91 bits per heavy atom. The first-order chi connectivity index (χ1) is 11.0. The van der Waals surface area contributed by atoms with E-state index in [1.165, 1.54) is 0 Å². The molecule has 1 aliphatic heterocycles. The number of nitrogens with one attached hydrogen (secondary N) is 2. The summed E-state index contributed by atoms with van der Waals surface area (Å²) in [4.78, 5) is 24.2. The molecule has 3 rings (SSSR count). The van der Waals surface area contributed by atoms with Crippen molar-refractivity contribution in [3.63, 3.8) is 0 Å². The summed E-state index contributed by atoms with van der Waals surface area (Å²) in [6, 6.07) is 11.6. The normalized spacial score (nSPS) is 16.1. The molecule has 6 heteroatoms. The largest absolute Gasteiger partial charge is 0.423 e. The summed E-state index contributed by atoms with van der Waals surface area (Å²) < 4.78 is 5.24. The molecule has 0 bridgehead atoms. The van der Waals surface area contributed by atoms with Crippen molar-refractivity contribution in [1.29, 1.82) is 0 Å². The molecular formula is C17H15ClN2O3. The molecule has 1 amide bonds. The Morgan fingerprint density at radius 1 is 1.30 bits per heavy atom. The quantitative estimate of drug-likeness (QED) is 0.669. The zero-order valence-electron chi connectivity index (χ0n) is 12.4. The average molecular weight is 331 g/mol. The molecule has 1 atom stereocenters. The van der Waals surface area contributed by atoms with Crippen molar-refractivity contribution in [2.45, 2.75) is 19.4 Å². The van der Waals surface area contributed by atoms with Crippen molar-refractivity contribution < 1.29 is 14.3 Å². The fourth-order valence-electron chi connectivity index (χ4n) is 2.35. The minimum Gasteiger partial charge on any atom is -0.423 e. The Bertz CT molecular complexity index is 776. The van der Waals surface area contributed by atoms with Crippen molar-refractivity contribution in [3.8, 4) is 5.75 Å². The van der Waals surface area contributed by atoms with Gasteiger partial charge in [0.25, 0.3) is 0 Å². The number of ether oxygens (including phenoxy) is 1. The van der Waals surface area contributed by atoms with E-state index in [-0.39, 0.29) is 12.3 Å². The number of carbonyl (C=O) groups is 2. The van der Waals surface area contributed by atoms with E-state index in [2.05, 4.69) is 10.6 Å². The Labute approximate surface area is 138 Å². The second-order valence-corrected chi connectivity index (χ2v) is 5.76. The van der Waals surface area contributed by atoms with Gasteiger partial charge in [-0.05, 0) is 36.8 Å². The second-order valence-electron chi connectivity index (χ2n) is 5.33. The summed E-state index contributed by atoms with van der Waals surface area (Å²) in [6.07, 6.45) is -0.0286. The zero-order valence-corrected chi connectivity index (χ0v) is 13.2. The van der Waals surface area contributed by atoms with E-state index in [4.69, 9.17) is 16.3 Å². The van der Waals surface area contributed by atoms with Gasteiger partial charge in [-0.2, -0.15) is 0 Å². The lowest BCUT2D eigenvalue weighted by Gasteiger charge is -2.25. The van der Waals surface area contributed by atoms with Crippen LogP contribution in [0.2, 0.25) is 5.02 Å². The summed E-state index contributed by atoms with van der Waals surface area (Å²) in [5.41, 5.74) is 2.23. The average Bonchev–Trinajstić information content (AvgIpc) is 2.51. The predicted octanol–water partition coefficient (Wildman–Crippen LogP) is 3.38. The highest BCUT2D eigenvalue weighted by Crippen LogP contribution is 2.29. The molecule has 0 saturated heterocycles. The van der Waals surface area contributed by atoms with E-state index >= 15 is 0 Å². The Hall–Kier alpha value is -2.53. The van der Waals surface area contributed by atoms with Crippen molar-refractivity contribution in [2.24, 2.45) is 0 Å². The number of hydrogen-bond acceptors (Lipinski definition) is 4. The number of benzene rings is 2. The standard InChI is InChI=1S/C17H15ClN2O3/c1-10-6-7-11(18)8-13(10)20-16(21)9-14-17(22)23-15-5-3-2-4-12(15)19-14/h2-8,14,19H,9H2,1H3,(H,20,21). The first kappa shape index (κ1) is 15.4. The van der Waals surface area contributed by atoms with Crippen LogP contribution in [0.25, 0.3) is 0 Å². The van der Waals surface area contributed by atoms with Gasteiger partial charge >= 0.3 is 5.97 Å². The van der Waals surface area contributed by atoms with E-state index in [9.17, 15) is 9.59 Å². The van der Waals surface area contributed by atoms with Gasteiger partial charge < -0.3 is 15.4 Å². The molecule has 23 heavy (non-hydrogen) atoms. The second kappa shape index (κ2) is 6.30.